The molecule has 0 aromatic rings. The van der Waals surface area contributed by atoms with Gasteiger partial charge in [0.25, 0.3) is 5.92 Å². The average molecular weight is 353 g/mol. The Morgan fingerprint density at radius 3 is 2.28 bits per heavy atom. The van der Waals surface area contributed by atoms with Crippen LogP contribution in [0.5, 0.6) is 0 Å². The Balaban J connectivity index is 1.64. The third-order valence-corrected chi connectivity index (χ3v) is 8.88. The molecular formula is C22H34F2O. The van der Waals surface area contributed by atoms with E-state index >= 15 is 8.78 Å². The zero-order valence-electron chi connectivity index (χ0n) is 16.0. The highest BCUT2D eigenvalue weighted by Crippen LogP contribution is 2.67. The van der Waals surface area contributed by atoms with Crippen molar-refractivity contribution in [3.8, 4) is 0 Å². The Morgan fingerprint density at radius 2 is 1.60 bits per heavy atom. The van der Waals surface area contributed by atoms with Gasteiger partial charge in [0.15, 0.2) is 0 Å². The number of hydrogen-bond donors (Lipinski definition) is 1. The highest BCUT2D eigenvalue weighted by Gasteiger charge is 2.63. The highest BCUT2D eigenvalue weighted by atomic mass is 19.3. The summed E-state index contributed by atoms with van der Waals surface area (Å²) in [4.78, 5) is 0. The molecule has 1 N–H and O–H groups in total. The van der Waals surface area contributed by atoms with Gasteiger partial charge in [-0.1, -0.05) is 19.1 Å². The lowest BCUT2D eigenvalue weighted by molar-refractivity contribution is -0.209. The normalized spacial score (nSPS) is 54.3. The van der Waals surface area contributed by atoms with Gasteiger partial charge in [0.05, 0.1) is 5.60 Å². The first-order valence-electron chi connectivity index (χ1n) is 10.3. The summed E-state index contributed by atoms with van der Waals surface area (Å²) in [5.74, 6) is -1.55. The third kappa shape index (κ3) is 2.63. The molecule has 0 aliphatic heterocycles. The molecule has 142 valence electrons. The van der Waals surface area contributed by atoms with Gasteiger partial charge >= 0.3 is 0 Å². The van der Waals surface area contributed by atoms with E-state index in [2.05, 4.69) is 20.4 Å². The van der Waals surface area contributed by atoms with Crippen LogP contribution in [0, 0.1) is 40.9 Å². The second-order valence-electron chi connectivity index (χ2n) is 10.4. The van der Waals surface area contributed by atoms with Gasteiger partial charge in [-0.25, -0.2) is 8.78 Å². The summed E-state index contributed by atoms with van der Waals surface area (Å²) >= 11 is 0. The number of halogens is 2. The Kier molecular flexibility index (Phi) is 3.97. The Labute approximate surface area is 151 Å². The standard InChI is InChI=1S/C22H34F2O/c1-13(2)17-5-6-18-16-11-22(23,24)19-12-20(3,25)9-7-15(19)14(16)8-10-21(17,18)4/h14-19,25H,1,5-12H2,2-4H3/t14-,15-,16-,17-,18+,19+,20+,21-/m1/s1. The first kappa shape index (κ1) is 17.9. The molecule has 8 atom stereocenters. The van der Waals surface area contributed by atoms with Crippen molar-refractivity contribution in [1.29, 1.82) is 0 Å². The van der Waals surface area contributed by atoms with Crippen LogP contribution in [-0.2, 0) is 0 Å². The van der Waals surface area contributed by atoms with Gasteiger partial charge in [-0.2, -0.15) is 0 Å². The molecule has 0 aromatic carbocycles. The largest absolute Gasteiger partial charge is 0.390 e. The zero-order valence-corrected chi connectivity index (χ0v) is 16.0. The lowest BCUT2D eigenvalue weighted by atomic mass is 9.48. The van der Waals surface area contributed by atoms with Crippen molar-refractivity contribution in [3.63, 3.8) is 0 Å². The molecular weight excluding hydrogens is 318 g/mol. The highest BCUT2D eigenvalue weighted by molar-refractivity contribution is 5.15. The summed E-state index contributed by atoms with van der Waals surface area (Å²) in [6.07, 6.45) is 6.30. The molecule has 4 saturated carbocycles. The molecule has 4 aliphatic rings. The van der Waals surface area contributed by atoms with E-state index in [-0.39, 0.29) is 30.1 Å². The number of aliphatic hydroxyl groups is 1. The first-order valence-corrected chi connectivity index (χ1v) is 10.3. The van der Waals surface area contributed by atoms with E-state index in [1.807, 2.05) is 0 Å². The number of allylic oxidation sites excluding steroid dienone is 1. The average Bonchev–Trinajstić information content (AvgIpc) is 2.84. The van der Waals surface area contributed by atoms with Crippen LogP contribution in [0.2, 0.25) is 0 Å². The summed E-state index contributed by atoms with van der Waals surface area (Å²) in [5.41, 5.74) is 0.521. The van der Waals surface area contributed by atoms with Crippen LogP contribution in [-0.4, -0.2) is 16.6 Å². The molecule has 4 rings (SSSR count). The molecule has 0 aromatic heterocycles. The van der Waals surface area contributed by atoms with E-state index < -0.39 is 17.4 Å². The predicted molar refractivity (Wildman–Crippen MR) is 96.4 cm³/mol. The van der Waals surface area contributed by atoms with Crippen molar-refractivity contribution in [1.82, 2.24) is 0 Å². The van der Waals surface area contributed by atoms with Crippen LogP contribution in [0.15, 0.2) is 12.2 Å². The molecule has 4 fully saturated rings. The van der Waals surface area contributed by atoms with Gasteiger partial charge in [0, 0.05) is 12.3 Å². The minimum absolute atomic E-state index is 0.0537. The molecule has 0 unspecified atom stereocenters. The predicted octanol–water partition coefficient (Wildman–Crippen LogP) is 5.83. The molecule has 0 spiro atoms. The maximum atomic E-state index is 15.2. The van der Waals surface area contributed by atoms with Crippen LogP contribution in [0.1, 0.15) is 72.1 Å². The van der Waals surface area contributed by atoms with E-state index in [0.29, 0.717) is 24.2 Å². The lowest BCUT2D eigenvalue weighted by Crippen LogP contribution is -2.57. The SMILES string of the molecule is C=C(C)[C@H]1CC[C@H]2[C@@H]3CC(F)(F)[C@H]4C[C@@](C)(O)CC[C@@H]4[C@H]3CC[C@]12C. The van der Waals surface area contributed by atoms with Gasteiger partial charge in [-0.15, -0.1) is 0 Å². The molecule has 0 saturated heterocycles. The maximum Gasteiger partial charge on any atom is 0.251 e. The topological polar surface area (TPSA) is 20.2 Å². The summed E-state index contributed by atoms with van der Waals surface area (Å²) in [5, 5.41) is 10.4. The van der Waals surface area contributed by atoms with Crippen LogP contribution >= 0.6 is 0 Å². The summed E-state index contributed by atoms with van der Waals surface area (Å²) in [7, 11) is 0. The molecule has 0 radical (unpaired) electrons. The van der Waals surface area contributed by atoms with Crippen molar-refractivity contribution in [3.05, 3.63) is 12.2 Å². The summed E-state index contributed by atoms with van der Waals surface area (Å²) in [6.45, 7) is 10.4. The Hall–Kier alpha value is -0.440. The van der Waals surface area contributed by atoms with E-state index in [9.17, 15) is 5.11 Å². The van der Waals surface area contributed by atoms with Crippen molar-refractivity contribution in [2.45, 2.75) is 83.7 Å². The van der Waals surface area contributed by atoms with E-state index in [0.717, 1.165) is 25.7 Å². The maximum absolute atomic E-state index is 15.2. The minimum atomic E-state index is -2.62. The summed E-state index contributed by atoms with van der Waals surface area (Å²) < 4.78 is 30.3. The van der Waals surface area contributed by atoms with Crippen molar-refractivity contribution in [2.24, 2.45) is 40.9 Å². The molecule has 3 heteroatoms. The summed E-state index contributed by atoms with van der Waals surface area (Å²) in [6, 6.07) is 0. The second kappa shape index (κ2) is 5.53. The van der Waals surface area contributed by atoms with E-state index in [1.165, 1.54) is 12.0 Å². The minimum Gasteiger partial charge on any atom is -0.390 e. The number of rotatable bonds is 1. The molecule has 1 nitrogen and oxygen atoms in total. The molecule has 0 heterocycles. The smallest absolute Gasteiger partial charge is 0.251 e. The molecule has 4 aliphatic carbocycles. The fourth-order valence-corrected chi connectivity index (χ4v) is 7.80. The fraction of sp³-hybridized carbons (Fsp3) is 0.909. The van der Waals surface area contributed by atoms with Crippen molar-refractivity contribution in [2.75, 3.05) is 0 Å². The second-order valence-corrected chi connectivity index (χ2v) is 10.4. The van der Waals surface area contributed by atoms with Gasteiger partial charge < -0.3 is 5.11 Å². The van der Waals surface area contributed by atoms with Crippen LogP contribution in [0.3, 0.4) is 0 Å². The Bertz CT molecular complexity index is 568. The first-order chi connectivity index (χ1) is 11.6. The number of alkyl halides is 2. The van der Waals surface area contributed by atoms with E-state index in [1.54, 1.807) is 6.92 Å². The molecule has 0 bridgehead atoms. The van der Waals surface area contributed by atoms with E-state index in [4.69, 9.17) is 0 Å². The quantitative estimate of drug-likeness (QED) is 0.589. The van der Waals surface area contributed by atoms with Gasteiger partial charge in [0.1, 0.15) is 0 Å². The van der Waals surface area contributed by atoms with Crippen LogP contribution in [0.4, 0.5) is 8.78 Å². The van der Waals surface area contributed by atoms with Crippen molar-refractivity contribution < 1.29 is 13.9 Å². The Morgan fingerprint density at radius 1 is 0.920 bits per heavy atom. The lowest BCUT2D eigenvalue weighted by Gasteiger charge is -2.58. The zero-order chi connectivity index (χ0) is 18.2. The van der Waals surface area contributed by atoms with Gasteiger partial charge in [-0.05, 0) is 93.8 Å². The fourth-order valence-electron chi connectivity index (χ4n) is 7.80. The molecule has 25 heavy (non-hydrogen) atoms. The van der Waals surface area contributed by atoms with Crippen LogP contribution in [0.25, 0.3) is 0 Å². The van der Waals surface area contributed by atoms with Gasteiger partial charge in [0.2, 0.25) is 0 Å². The van der Waals surface area contributed by atoms with Gasteiger partial charge in [-0.3, -0.25) is 0 Å². The van der Waals surface area contributed by atoms with Crippen LogP contribution < -0.4 is 0 Å². The monoisotopic (exact) mass is 352 g/mol. The molecule has 0 amide bonds. The van der Waals surface area contributed by atoms with Crippen molar-refractivity contribution >= 4 is 0 Å². The number of fused-ring (bicyclic) bond motifs is 5. The third-order valence-electron chi connectivity index (χ3n) is 8.88. The number of hydrogen-bond acceptors (Lipinski definition) is 1.